The van der Waals surface area contributed by atoms with Crippen LogP contribution in [0.2, 0.25) is 0 Å². The van der Waals surface area contributed by atoms with Crippen molar-refractivity contribution in [3.05, 3.63) is 23.7 Å². The van der Waals surface area contributed by atoms with E-state index in [4.69, 9.17) is 4.42 Å². The van der Waals surface area contributed by atoms with Gasteiger partial charge in [0, 0.05) is 12.0 Å². The van der Waals surface area contributed by atoms with Crippen LogP contribution in [0.3, 0.4) is 0 Å². The monoisotopic (exact) mass is 261 g/mol. The van der Waals surface area contributed by atoms with Gasteiger partial charge in [-0.3, -0.25) is 0 Å². The van der Waals surface area contributed by atoms with Crippen molar-refractivity contribution in [3.8, 4) is 0 Å². The zero-order valence-corrected chi connectivity index (χ0v) is 12.5. The molecule has 2 unspecified atom stereocenters. The molecule has 2 heteroatoms. The van der Waals surface area contributed by atoms with E-state index < -0.39 is 0 Å². The Kier molecular flexibility index (Phi) is 3.46. The molecule has 2 atom stereocenters. The van der Waals surface area contributed by atoms with Crippen molar-refractivity contribution in [3.63, 3.8) is 0 Å². The lowest BCUT2D eigenvalue weighted by Gasteiger charge is -2.34. The maximum atomic E-state index is 5.95. The van der Waals surface area contributed by atoms with Crippen LogP contribution in [0.25, 0.3) is 0 Å². The highest BCUT2D eigenvalue weighted by Gasteiger charge is 2.36. The predicted octanol–water partition coefficient (Wildman–Crippen LogP) is 4.46. The van der Waals surface area contributed by atoms with E-state index in [0.717, 1.165) is 18.2 Å². The van der Waals surface area contributed by atoms with Crippen LogP contribution in [-0.4, -0.2) is 6.04 Å². The van der Waals surface area contributed by atoms with Crippen LogP contribution in [0.5, 0.6) is 0 Å². The SMILES string of the molecule is CC1CC1c1ccc(CNC2CCC(C)(C)CC2)o1. The highest BCUT2D eigenvalue weighted by molar-refractivity contribution is 5.17. The van der Waals surface area contributed by atoms with Gasteiger partial charge in [0.1, 0.15) is 11.5 Å². The highest BCUT2D eigenvalue weighted by Crippen LogP contribution is 2.47. The van der Waals surface area contributed by atoms with Gasteiger partial charge < -0.3 is 9.73 Å². The fourth-order valence-corrected chi connectivity index (χ4v) is 3.26. The number of nitrogens with one attached hydrogen (secondary N) is 1. The number of hydrogen-bond donors (Lipinski definition) is 1. The third-order valence-corrected chi connectivity index (χ3v) is 5.06. The van der Waals surface area contributed by atoms with Crippen LogP contribution in [0, 0.1) is 11.3 Å². The van der Waals surface area contributed by atoms with E-state index in [2.05, 4.69) is 38.2 Å². The number of hydrogen-bond acceptors (Lipinski definition) is 2. The van der Waals surface area contributed by atoms with Crippen molar-refractivity contribution in [2.75, 3.05) is 0 Å². The first-order chi connectivity index (χ1) is 9.03. The Bertz CT molecular complexity index is 424. The maximum Gasteiger partial charge on any atom is 0.117 e. The molecule has 1 N–H and O–H groups in total. The van der Waals surface area contributed by atoms with Crippen molar-refractivity contribution in [1.82, 2.24) is 5.32 Å². The summed E-state index contributed by atoms with van der Waals surface area (Å²) in [5.41, 5.74) is 0.554. The Hall–Kier alpha value is -0.760. The fourth-order valence-electron chi connectivity index (χ4n) is 3.26. The van der Waals surface area contributed by atoms with Crippen molar-refractivity contribution >= 4 is 0 Å². The average molecular weight is 261 g/mol. The largest absolute Gasteiger partial charge is 0.464 e. The topological polar surface area (TPSA) is 25.2 Å². The lowest BCUT2D eigenvalue weighted by molar-refractivity contribution is 0.204. The van der Waals surface area contributed by atoms with Crippen molar-refractivity contribution < 1.29 is 4.42 Å². The summed E-state index contributed by atoms with van der Waals surface area (Å²) >= 11 is 0. The van der Waals surface area contributed by atoms with Crippen LogP contribution in [0.4, 0.5) is 0 Å². The molecule has 2 aliphatic rings. The van der Waals surface area contributed by atoms with E-state index in [-0.39, 0.29) is 0 Å². The summed E-state index contributed by atoms with van der Waals surface area (Å²) in [6.07, 6.45) is 6.60. The molecule has 1 heterocycles. The fraction of sp³-hybridized carbons (Fsp3) is 0.765. The molecular weight excluding hydrogens is 234 g/mol. The summed E-state index contributed by atoms with van der Waals surface area (Å²) in [4.78, 5) is 0. The second-order valence-corrected chi connectivity index (χ2v) is 7.44. The van der Waals surface area contributed by atoms with Gasteiger partial charge in [-0.05, 0) is 55.6 Å². The molecule has 0 spiro atoms. The molecule has 2 fully saturated rings. The Morgan fingerprint density at radius 2 is 1.95 bits per heavy atom. The second-order valence-electron chi connectivity index (χ2n) is 7.44. The van der Waals surface area contributed by atoms with Crippen LogP contribution in [0.1, 0.15) is 70.3 Å². The molecular formula is C17H27NO. The van der Waals surface area contributed by atoms with Crippen LogP contribution < -0.4 is 5.32 Å². The van der Waals surface area contributed by atoms with Gasteiger partial charge in [-0.25, -0.2) is 0 Å². The molecule has 2 nitrogen and oxygen atoms in total. The third-order valence-electron chi connectivity index (χ3n) is 5.06. The zero-order chi connectivity index (χ0) is 13.5. The molecule has 19 heavy (non-hydrogen) atoms. The van der Waals surface area contributed by atoms with Crippen molar-refractivity contribution in [2.24, 2.45) is 11.3 Å². The standard InChI is InChI=1S/C17H27NO/c1-12-10-15(12)16-5-4-14(19-16)11-18-13-6-8-17(2,3)9-7-13/h4-5,12-13,15,18H,6-11H2,1-3H3. The highest BCUT2D eigenvalue weighted by atomic mass is 16.3. The molecule has 0 amide bonds. The van der Waals surface area contributed by atoms with E-state index in [9.17, 15) is 0 Å². The molecule has 0 saturated heterocycles. The first kappa shape index (κ1) is 13.2. The van der Waals surface area contributed by atoms with Crippen molar-refractivity contribution in [2.45, 2.75) is 71.4 Å². The third kappa shape index (κ3) is 3.22. The van der Waals surface area contributed by atoms with Crippen LogP contribution in [-0.2, 0) is 6.54 Å². The quantitative estimate of drug-likeness (QED) is 0.865. The van der Waals surface area contributed by atoms with E-state index in [1.165, 1.54) is 37.9 Å². The van der Waals surface area contributed by atoms with Gasteiger partial charge in [0.05, 0.1) is 6.54 Å². The second kappa shape index (κ2) is 4.97. The lowest BCUT2D eigenvalue weighted by Crippen LogP contribution is -2.35. The summed E-state index contributed by atoms with van der Waals surface area (Å²) < 4.78 is 5.95. The molecule has 1 aromatic heterocycles. The molecule has 1 aromatic rings. The summed E-state index contributed by atoms with van der Waals surface area (Å²) in [6, 6.07) is 5.01. The lowest BCUT2D eigenvalue weighted by atomic mass is 9.75. The first-order valence-corrected chi connectivity index (χ1v) is 7.85. The molecule has 106 valence electrons. The van der Waals surface area contributed by atoms with Crippen LogP contribution >= 0.6 is 0 Å². The van der Waals surface area contributed by atoms with Gasteiger partial charge in [0.2, 0.25) is 0 Å². The summed E-state index contributed by atoms with van der Waals surface area (Å²) in [7, 11) is 0. The van der Waals surface area contributed by atoms with Gasteiger partial charge >= 0.3 is 0 Å². The summed E-state index contributed by atoms with van der Waals surface area (Å²) in [6.45, 7) is 7.97. The van der Waals surface area contributed by atoms with E-state index in [1.807, 2.05) is 0 Å². The predicted molar refractivity (Wildman–Crippen MR) is 78.1 cm³/mol. The molecule has 3 rings (SSSR count). The molecule has 0 radical (unpaired) electrons. The molecule has 0 aromatic carbocycles. The zero-order valence-electron chi connectivity index (χ0n) is 12.5. The van der Waals surface area contributed by atoms with Gasteiger partial charge in [-0.15, -0.1) is 0 Å². The Labute approximate surface area is 117 Å². The molecule has 2 aliphatic carbocycles. The Morgan fingerprint density at radius 3 is 2.58 bits per heavy atom. The van der Waals surface area contributed by atoms with E-state index in [1.54, 1.807) is 0 Å². The van der Waals surface area contributed by atoms with Gasteiger partial charge in [0.15, 0.2) is 0 Å². The summed E-state index contributed by atoms with van der Waals surface area (Å²) in [5.74, 6) is 3.84. The molecule has 0 bridgehead atoms. The van der Waals surface area contributed by atoms with E-state index in [0.29, 0.717) is 17.4 Å². The van der Waals surface area contributed by atoms with Gasteiger partial charge in [-0.2, -0.15) is 0 Å². The van der Waals surface area contributed by atoms with Gasteiger partial charge in [-0.1, -0.05) is 20.8 Å². The van der Waals surface area contributed by atoms with E-state index >= 15 is 0 Å². The minimum absolute atomic E-state index is 0.554. The number of furan rings is 1. The van der Waals surface area contributed by atoms with Gasteiger partial charge in [0.25, 0.3) is 0 Å². The normalized spacial score (nSPS) is 30.5. The maximum absolute atomic E-state index is 5.95. The number of rotatable bonds is 4. The Morgan fingerprint density at radius 1 is 1.26 bits per heavy atom. The van der Waals surface area contributed by atoms with Crippen LogP contribution in [0.15, 0.2) is 16.5 Å². The smallest absolute Gasteiger partial charge is 0.117 e. The molecule has 0 aliphatic heterocycles. The molecule has 2 saturated carbocycles. The minimum atomic E-state index is 0.554. The average Bonchev–Trinajstić information content (AvgIpc) is 2.91. The minimum Gasteiger partial charge on any atom is -0.464 e. The van der Waals surface area contributed by atoms with Crippen molar-refractivity contribution in [1.29, 1.82) is 0 Å². The Balaban J connectivity index is 1.46. The first-order valence-electron chi connectivity index (χ1n) is 7.85. The summed E-state index contributed by atoms with van der Waals surface area (Å²) in [5, 5.41) is 3.67.